The molecule has 1 saturated heterocycles. The average molecular weight is 211 g/mol. The van der Waals surface area contributed by atoms with Gasteiger partial charge in [-0.2, -0.15) is 0 Å². The van der Waals surface area contributed by atoms with Gasteiger partial charge in [-0.3, -0.25) is 10.7 Å². The van der Waals surface area contributed by atoms with Gasteiger partial charge in [0.05, 0.1) is 6.61 Å². The average Bonchev–Trinajstić information content (AvgIpc) is 2.95. The maximum Gasteiger partial charge on any atom is 0.323 e. The van der Waals surface area contributed by atoms with Gasteiger partial charge in [-0.05, 0) is 26.7 Å². The molecule has 84 valence electrons. The molecule has 0 radical (unpaired) electrons. The molecule has 1 aliphatic carbocycles. The number of amidine groups is 1. The van der Waals surface area contributed by atoms with E-state index in [1.807, 2.05) is 13.8 Å². The lowest BCUT2D eigenvalue weighted by molar-refractivity contribution is 0.0661. The van der Waals surface area contributed by atoms with Crippen molar-refractivity contribution in [3.8, 4) is 0 Å². The molecule has 0 bridgehead atoms. The van der Waals surface area contributed by atoms with E-state index in [0.29, 0.717) is 19.3 Å². The predicted molar refractivity (Wildman–Crippen MR) is 56.0 cm³/mol. The van der Waals surface area contributed by atoms with Crippen LogP contribution < -0.4 is 5.32 Å². The van der Waals surface area contributed by atoms with Gasteiger partial charge in [-0.15, -0.1) is 0 Å². The number of hydrogen-bond acceptors (Lipinski definition) is 3. The second-order valence-electron chi connectivity index (χ2n) is 4.32. The van der Waals surface area contributed by atoms with E-state index in [4.69, 9.17) is 10.1 Å². The predicted octanol–water partition coefficient (Wildman–Crippen LogP) is 0.946. The van der Waals surface area contributed by atoms with Crippen molar-refractivity contribution in [2.75, 3.05) is 13.2 Å². The number of ether oxygens (including phenoxy) is 1. The summed E-state index contributed by atoms with van der Waals surface area (Å²) >= 11 is 0. The fourth-order valence-corrected chi connectivity index (χ4v) is 1.99. The largest absolute Gasteiger partial charge is 0.379 e. The maximum atomic E-state index is 11.7. The van der Waals surface area contributed by atoms with Crippen LogP contribution in [0.5, 0.6) is 0 Å². The number of hydrogen-bond donors (Lipinski definition) is 2. The highest BCUT2D eigenvalue weighted by molar-refractivity contribution is 6.08. The highest BCUT2D eigenvalue weighted by Crippen LogP contribution is 2.36. The zero-order chi connectivity index (χ0) is 11.1. The number of carbonyl (C=O) groups excluding carboxylic acids is 1. The van der Waals surface area contributed by atoms with Gasteiger partial charge in [0.15, 0.2) is 0 Å². The monoisotopic (exact) mass is 211 g/mol. The van der Waals surface area contributed by atoms with Crippen LogP contribution in [-0.4, -0.2) is 41.6 Å². The van der Waals surface area contributed by atoms with Gasteiger partial charge < -0.3 is 9.64 Å². The van der Waals surface area contributed by atoms with Crippen LogP contribution in [-0.2, 0) is 4.74 Å². The first-order valence-electron chi connectivity index (χ1n) is 5.36. The van der Waals surface area contributed by atoms with E-state index in [0.717, 1.165) is 12.8 Å². The zero-order valence-electron chi connectivity index (χ0n) is 9.17. The van der Waals surface area contributed by atoms with Crippen molar-refractivity contribution >= 4 is 11.9 Å². The summed E-state index contributed by atoms with van der Waals surface area (Å²) in [7, 11) is 0. The van der Waals surface area contributed by atoms with E-state index in [9.17, 15) is 4.79 Å². The number of nitrogens with zero attached hydrogens (tertiary/aromatic N) is 1. The minimum absolute atomic E-state index is 0.148. The Morgan fingerprint density at radius 1 is 1.67 bits per heavy atom. The summed E-state index contributed by atoms with van der Waals surface area (Å²) in [6, 6.07) is 0.156. The molecule has 5 heteroatoms. The second-order valence-corrected chi connectivity index (χ2v) is 4.32. The molecule has 1 saturated carbocycles. The van der Waals surface area contributed by atoms with Crippen LogP contribution in [0.15, 0.2) is 0 Å². The number of nitrogens with one attached hydrogen (secondary N) is 2. The SMILES string of the molecule is CCOCC1(C)C(=N)NC(=O)N1C1CC1. The van der Waals surface area contributed by atoms with Crippen LogP contribution in [0.2, 0.25) is 0 Å². The topological polar surface area (TPSA) is 65.4 Å². The first kappa shape index (κ1) is 10.4. The molecule has 2 aliphatic rings. The quantitative estimate of drug-likeness (QED) is 0.727. The Bertz CT molecular complexity index is 301. The van der Waals surface area contributed by atoms with Crippen LogP contribution in [0.4, 0.5) is 4.79 Å². The highest BCUT2D eigenvalue weighted by Gasteiger charge is 2.52. The lowest BCUT2D eigenvalue weighted by Crippen LogP contribution is -2.51. The Labute approximate surface area is 89.3 Å². The van der Waals surface area contributed by atoms with Crippen molar-refractivity contribution in [3.63, 3.8) is 0 Å². The first-order chi connectivity index (χ1) is 7.09. The Balaban J connectivity index is 2.17. The molecular formula is C10H17N3O2. The van der Waals surface area contributed by atoms with Crippen LogP contribution in [0.3, 0.4) is 0 Å². The van der Waals surface area contributed by atoms with E-state index in [1.54, 1.807) is 4.90 Å². The fraction of sp³-hybridized carbons (Fsp3) is 0.800. The zero-order valence-corrected chi connectivity index (χ0v) is 9.17. The molecule has 2 fully saturated rings. The molecule has 1 unspecified atom stereocenters. The van der Waals surface area contributed by atoms with Gasteiger partial charge in [0.25, 0.3) is 0 Å². The van der Waals surface area contributed by atoms with E-state index in [2.05, 4.69) is 5.32 Å². The standard InChI is InChI=1S/C10H17N3O2/c1-3-15-6-10(2)8(11)12-9(14)13(10)7-4-5-7/h7H,3-6H2,1-2H3,(H2,11,12,14). The van der Waals surface area contributed by atoms with Gasteiger partial charge in [0.1, 0.15) is 11.4 Å². The van der Waals surface area contributed by atoms with E-state index in [1.165, 1.54) is 0 Å². The van der Waals surface area contributed by atoms with Crippen molar-refractivity contribution < 1.29 is 9.53 Å². The van der Waals surface area contributed by atoms with E-state index in [-0.39, 0.29) is 11.9 Å². The van der Waals surface area contributed by atoms with Gasteiger partial charge in [0.2, 0.25) is 0 Å². The maximum absolute atomic E-state index is 11.7. The second kappa shape index (κ2) is 3.48. The van der Waals surface area contributed by atoms with Gasteiger partial charge in [-0.25, -0.2) is 4.79 Å². The third-order valence-corrected chi connectivity index (χ3v) is 3.02. The highest BCUT2D eigenvalue weighted by atomic mass is 16.5. The smallest absolute Gasteiger partial charge is 0.323 e. The number of amides is 2. The summed E-state index contributed by atoms with van der Waals surface area (Å²) in [5.41, 5.74) is -0.589. The lowest BCUT2D eigenvalue weighted by Gasteiger charge is -2.32. The lowest BCUT2D eigenvalue weighted by atomic mass is 10.0. The van der Waals surface area contributed by atoms with Crippen LogP contribution in [0.1, 0.15) is 26.7 Å². The third kappa shape index (κ3) is 1.61. The molecule has 0 spiro atoms. The van der Waals surface area contributed by atoms with E-state index >= 15 is 0 Å². The van der Waals surface area contributed by atoms with Gasteiger partial charge >= 0.3 is 6.03 Å². The molecule has 0 aromatic heterocycles. The molecule has 0 aromatic rings. The first-order valence-corrected chi connectivity index (χ1v) is 5.36. The molecule has 1 atom stereocenters. The van der Waals surface area contributed by atoms with Crippen molar-refractivity contribution in [1.29, 1.82) is 5.41 Å². The summed E-state index contributed by atoms with van der Waals surface area (Å²) in [4.78, 5) is 13.4. The van der Waals surface area contributed by atoms with Crippen molar-refractivity contribution in [3.05, 3.63) is 0 Å². The van der Waals surface area contributed by atoms with Crippen LogP contribution in [0, 0.1) is 5.41 Å². The number of rotatable bonds is 4. The normalized spacial score (nSPS) is 30.9. The fourth-order valence-electron chi connectivity index (χ4n) is 1.99. The summed E-state index contributed by atoms with van der Waals surface area (Å²) in [5.74, 6) is 0.257. The molecule has 2 amide bonds. The van der Waals surface area contributed by atoms with Crippen LogP contribution >= 0.6 is 0 Å². The third-order valence-electron chi connectivity index (χ3n) is 3.02. The summed E-state index contributed by atoms with van der Waals surface area (Å²) in [5, 5.41) is 10.4. The molecule has 5 nitrogen and oxygen atoms in total. The molecule has 2 N–H and O–H groups in total. The van der Waals surface area contributed by atoms with Crippen molar-refractivity contribution in [2.24, 2.45) is 0 Å². The molecule has 1 aliphatic heterocycles. The van der Waals surface area contributed by atoms with Crippen molar-refractivity contribution in [2.45, 2.75) is 38.3 Å². The molecule has 1 heterocycles. The van der Waals surface area contributed by atoms with E-state index < -0.39 is 5.54 Å². The summed E-state index contributed by atoms with van der Waals surface area (Å²) in [6.45, 7) is 4.81. The van der Waals surface area contributed by atoms with Crippen molar-refractivity contribution in [1.82, 2.24) is 10.2 Å². The molecule has 2 rings (SSSR count). The Morgan fingerprint density at radius 3 is 2.87 bits per heavy atom. The minimum atomic E-state index is -0.589. The van der Waals surface area contributed by atoms with Crippen LogP contribution in [0.25, 0.3) is 0 Å². The molecule has 0 aromatic carbocycles. The van der Waals surface area contributed by atoms with Gasteiger partial charge in [0, 0.05) is 12.6 Å². The number of urea groups is 1. The number of carbonyl (C=O) groups is 1. The van der Waals surface area contributed by atoms with Gasteiger partial charge in [-0.1, -0.05) is 0 Å². The molecule has 15 heavy (non-hydrogen) atoms. The Hall–Kier alpha value is -1.10. The summed E-state index contributed by atoms with van der Waals surface area (Å²) < 4.78 is 5.37. The minimum Gasteiger partial charge on any atom is -0.379 e. The Kier molecular flexibility index (Phi) is 2.42. The Morgan fingerprint density at radius 2 is 2.33 bits per heavy atom. The molecular weight excluding hydrogens is 194 g/mol. The summed E-state index contributed by atoms with van der Waals surface area (Å²) in [6.07, 6.45) is 2.09.